The molecular weight excluding hydrogens is 363 g/mol. The van der Waals surface area contributed by atoms with Crippen LogP contribution in [0.25, 0.3) is 0 Å². The van der Waals surface area contributed by atoms with Crippen LogP contribution in [0.5, 0.6) is 0 Å². The highest BCUT2D eigenvalue weighted by molar-refractivity contribution is 7.14. The maximum absolute atomic E-state index is 13.6. The zero-order valence-corrected chi connectivity index (χ0v) is 15.3. The Morgan fingerprint density at radius 2 is 1.96 bits per heavy atom. The summed E-state index contributed by atoms with van der Waals surface area (Å²) in [5, 5.41) is 2.29. The molecule has 1 aromatic carbocycles. The molecular formula is C18H20F3N3OS. The molecule has 0 radical (unpaired) electrons. The fraction of sp³-hybridized carbons (Fsp3) is 0.444. The van der Waals surface area contributed by atoms with Crippen LogP contribution in [0.2, 0.25) is 0 Å². The highest BCUT2D eigenvalue weighted by atomic mass is 32.1. The van der Waals surface area contributed by atoms with Gasteiger partial charge in [0.15, 0.2) is 5.13 Å². The summed E-state index contributed by atoms with van der Waals surface area (Å²) in [5.41, 5.74) is 0.728. The minimum atomic E-state index is -4.39. The number of carbonyl (C=O) groups is 1. The summed E-state index contributed by atoms with van der Waals surface area (Å²) in [6.07, 6.45) is -2.51. The Hall–Kier alpha value is -1.93. The van der Waals surface area contributed by atoms with Crippen LogP contribution < -0.4 is 4.90 Å². The Bertz CT molecular complexity index is 759. The number of thiazole rings is 1. The molecule has 1 amide bonds. The number of benzene rings is 1. The number of alkyl halides is 3. The van der Waals surface area contributed by atoms with Gasteiger partial charge in [0, 0.05) is 24.9 Å². The van der Waals surface area contributed by atoms with Gasteiger partial charge in [-0.25, -0.2) is 4.98 Å². The number of anilines is 1. The van der Waals surface area contributed by atoms with Gasteiger partial charge in [-0.2, -0.15) is 13.2 Å². The molecule has 26 heavy (non-hydrogen) atoms. The first-order valence-electron chi connectivity index (χ1n) is 8.33. The molecule has 0 unspecified atom stereocenters. The van der Waals surface area contributed by atoms with E-state index in [0.717, 1.165) is 12.8 Å². The third kappa shape index (κ3) is 4.24. The van der Waals surface area contributed by atoms with Crippen LogP contribution >= 0.6 is 11.3 Å². The van der Waals surface area contributed by atoms with E-state index in [4.69, 9.17) is 0 Å². The van der Waals surface area contributed by atoms with Crippen molar-refractivity contribution >= 4 is 22.4 Å². The zero-order valence-electron chi connectivity index (χ0n) is 14.5. The van der Waals surface area contributed by atoms with Gasteiger partial charge in [0.25, 0.3) is 0 Å². The van der Waals surface area contributed by atoms with Crippen LogP contribution in [0.3, 0.4) is 0 Å². The average molecular weight is 383 g/mol. The molecule has 4 nitrogen and oxygen atoms in total. The van der Waals surface area contributed by atoms with Crippen molar-refractivity contribution < 1.29 is 18.0 Å². The number of hydrogen-bond acceptors (Lipinski definition) is 4. The zero-order chi connectivity index (χ0) is 18.9. The first-order chi connectivity index (χ1) is 12.3. The fourth-order valence-electron chi connectivity index (χ4n) is 3.04. The Labute approximate surface area is 154 Å². The Morgan fingerprint density at radius 1 is 1.31 bits per heavy atom. The van der Waals surface area contributed by atoms with Crippen molar-refractivity contribution in [1.29, 1.82) is 0 Å². The summed E-state index contributed by atoms with van der Waals surface area (Å²) in [6.45, 7) is 1.53. The molecule has 3 rings (SSSR count). The third-order valence-electron chi connectivity index (χ3n) is 4.27. The van der Waals surface area contributed by atoms with E-state index in [0.29, 0.717) is 10.8 Å². The van der Waals surface area contributed by atoms with E-state index < -0.39 is 12.2 Å². The quantitative estimate of drug-likeness (QED) is 0.742. The van der Waals surface area contributed by atoms with E-state index in [1.165, 1.54) is 42.3 Å². The first-order valence-corrected chi connectivity index (χ1v) is 9.21. The molecule has 0 saturated heterocycles. The molecule has 140 valence electrons. The van der Waals surface area contributed by atoms with Gasteiger partial charge in [-0.3, -0.25) is 14.6 Å². The molecule has 8 heteroatoms. The van der Waals surface area contributed by atoms with Gasteiger partial charge in [-0.15, -0.1) is 11.3 Å². The second-order valence-electron chi connectivity index (χ2n) is 6.51. The largest absolute Gasteiger partial charge is 0.408 e. The van der Waals surface area contributed by atoms with Crippen LogP contribution in [0.15, 0.2) is 35.7 Å². The van der Waals surface area contributed by atoms with Crippen LogP contribution in [-0.2, 0) is 11.3 Å². The number of carbonyl (C=O) groups excluding carboxylic acids is 1. The number of amides is 1. The summed E-state index contributed by atoms with van der Waals surface area (Å²) in [7, 11) is 1.44. The lowest BCUT2D eigenvalue weighted by Gasteiger charge is -2.29. The molecule has 1 aliphatic rings. The average Bonchev–Trinajstić information content (AvgIpc) is 3.26. The maximum atomic E-state index is 13.6. The van der Waals surface area contributed by atoms with Gasteiger partial charge in [0.2, 0.25) is 5.91 Å². The normalized spacial score (nSPS) is 15.9. The van der Waals surface area contributed by atoms with Crippen molar-refractivity contribution in [2.24, 2.45) is 0 Å². The van der Waals surface area contributed by atoms with Crippen molar-refractivity contribution in [3.05, 3.63) is 47.0 Å². The molecule has 0 bridgehead atoms. The molecule has 0 aliphatic heterocycles. The highest BCUT2D eigenvalue weighted by Gasteiger charge is 2.43. The maximum Gasteiger partial charge on any atom is 0.408 e. The lowest BCUT2D eigenvalue weighted by molar-refractivity contribution is -0.184. The van der Waals surface area contributed by atoms with E-state index in [1.807, 2.05) is 0 Å². The van der Waals surface area contributed by atoms with E-state index in [1.54, 1.807) is 28.5 Å². The molecule has 2 aromatic rings. The molecule has 0 spiro atoms. The van der Waals surface area contributed by atoms with Crippen LogP contribution in [0.4, 0.5) is 18.3 Å². The second-order valence-corrected chi connectivity index (χ2v) is 7.35. The second kappa shape index (κ2) is 7.36. The smallest absolute Gasteiger partial charge is 0.286 e. The van der Waals surface area contributed by atoms with E-state index in [9.17, 15) is 18.0 Å². The number of rotatable bonds is 6. The molecule has 0 N–H and O–H groups in total. The van der Waals surface area contributed by atoms with Crippen LogP contribution in [0.1, 0.15) is 37.1 Å². The topological polar surface area (TPSA) is 36.4 Å². The number of halogens is 3. The Balaban J connectivity index is 1.78. The molecule has 1 atom stereocenters. The highest BCUT2D eigenvalue weighted by Crippen LogP contribution is 2.38. The van der Waals surface area contributed by atoms with Gasteiger partial charge < -0.3 is 0 Å². The van der Waals surface area contributed by atoms with Gasteiger partial charge in [0.1, 0.15) is 6.04 Å². The summed E-state index contributed by atoms with van der Waals surface area (Å²) in [4.78, 5) is 19.1. The lowest BCUT2D eigenvalue weighted by Crippen LogP contribution is -2.35. The fourth-order valence-corrected chi connectivity index (χ4v) is 3.97. The number of aromatic nitrogens is 1. The van der Waals surface area contributed by atoms with E-state index >= 15 is 0 Å². The van der Waals surface area contributed by atoms with Crippen molar-refractivity contribution in [3.63, 3.8) is 0 Å². The number of nitrogens with zero attached hydrogens (tertiary/aromatic N) is 3. The van der Waals surface area contributed by atoms with Crippen molar-refractivity contribution in [2.75, 3.05) is 11.9 Å². The van der Waals surface area contributed by atoms with Crippen LogP contribution in [0, 0.1) is 0 Å². The van der Waals surface area contributed by atoms with Crippen molar-refractivity contribution in [2.45, 2.75) is 44.6 Å². The SMILES string of the molecule is CC(=O)N(c1nc(CN(C)[C@H](c2ccccc2)C(F)(F)F)cs1)C1CC1. The minimum absolute atomic E-state index is 0.0476. The van der Waals surface area contributed by atoms with Gasteiger partial charge in [0.05, 0.1) is 5.69 Å². The Kier molecular flexibility index (Phi) is 5.34. The lowest BCUT2D eigenvalue weighted by atomic mass is 10.1. The molecule has 1 saturated carbocycles. The van der Waals surface area contributed by atoms with Gasteiger partial charge in [-0.05, 0) is 25.5 Å². The van der Waals surface area contributed by atoms with Crippen LogP contribution in [-0.4, -0.2) is 35.1 Å². The summed E-state index contributed by atoms with van der Waals surface area (Å²) >= 11 is 1.30. The molecule has 1 aromatic heterocycles. The first kappa shape index (κ1) is 18.8. The molecule has 1 fully saturated rings. The van der Waals surface area contributed by atoms with E-state index in [-0.39, 0.29) is 24.1 Å². The number of hydrogen-bond donors (Lipinski definition) is 0. The standard InChI is InChI=1S/C18H20F3N3OS/c1-12(25)24(15-8-9-15)17-22-14(11-26-17)10-23(2)16(18(19,20)21)13-6-4-3-5-7-13/h3-7,11,15-16H,8-10H2,1-2H3/t16-/m1/s1. The third-order valence-corrected chi connectivity index (χ3v) is 5.16. The van der Waals surface area contributed by atoms with E-state index in [2.05, 4.69) is 4.98 Å². The van der Waals surface area contributed by atoms with Gasteiger partial charge >= 0.3 is 6.18 Å². The predicted octanol–water partition coefficient (Wildman–Crippen LogP) is 4.39. The van der Waals surface area contributed by atoms with Gasteiger partial charge in [-0.1, -0.05) is 30.3 Å². The molecule has 1 heterocycles. The summed E-state index contributed by atoms with van der Waals surface area (Å²) in [6, 6.07) is 6.32. The van der Waals surface area contributed by atoms with Crippen molar-refractivity contribution in [3.8, 4) is 0 Å². The van der Waals surface area contributed by atoms with Crippen molar-refractivity contribution in [1.82, 2.24) is 9.88 Å². The summed E-state index contributed by atoms with van der Waals surface area (Å²) in [5.74, 6) is -0.0841. The Morgan fingerprint density at radius 3 is 2.50 bits per heavy atom. The monoisotopic (exact) mass is 383 g/mol. The summed E-state index contributed by atoms with van der Waals surface area (Å²) < 4.78 is 40.8. The molecule has 1 aliphatic carbocycles. The minimum Gasteiger partial charge on any atom is -0.286 e. The predicted molar refractivity (Wildman–Crippen MR) is 95.0 cm³/mol.